The van der Waals surface area contributed by atoms with Gasteiger partial charge in [-0.15, -0.1) is 0 Å². The molecule has 17 heavy (non-hydrogen) atoms. The molecule has 2 unspecified atom stereocenters. The zero-order valence-electron chi connectivity index (χ0n) is 9.77. The highest BCUT2D eigenvalue weighted by atomic mass is 16.5. The molecule has 1 aromatic carbocycles. The lowest BCUT2D eigenvalue weighted by Crippen LogP contribution is -2.37. The Hall–Kier alpha value is -1.43. The molecule has 2 rings (SSSR count). The number of hydrogen-bond acceptors (Lipinski definition) is 5. The van der Waals surface area contributed by atoms with Crippen LogP contribution in [-0.2, 0) is 16.1 Å². The first-order chi connectivity index (χ1) is 8.26. The molecule has 0 saturated carbocycles. The smallest absolute Gasteiger partial charge is 0.324 e. The highest BCUT2D eigenvalue weighted by Gasteiger charge is 2.31. The molecule has 0 radical (unpaired) electrons. The van der Waals surface area contributed by atoms with Crippen LogP contribution in [0, 0.1) is 0 Å². The molecule has 5 heteroatoms. The van der Waals surface area contributed by atoms with Gasteiger partial charge in [-0.25, -0.2) is 10.9 Å². The van der Waals surface area contributed by atoms with E-state index in [4.69, 9.17) is 10.5 Å². The lowest BCUT2D eigenvalue weighted by Gasteiger charge is -2.13. The van der Waals surface area contributed by atoms with E-state index in [1.54, 1.807) is 0 Å². The summed E-state index contributed by atoms with van der Waals surface area (Å²) in [5, 5.41) is 0. The second kappa shape index (κ2) is 5.27. The maximum atomic E-state index is 11.4. The van der Waals surface area contributed by atoms with Gasteiger partial charge in [0.05, 0.1) is 7.11 Å². The molecule has 0 amide bonds. The Morgan fingerprint density at radius 2 is 2.24 bits per heavy atom. The molecule has 1 saturated heterocycles. The van der Waals surface area contributed by atoms with Gasteiger partial charge in [0.15, 0.2) is 0 Å². The largest absolute Gasteiger partial charge is 0.468 e. The third-order valence-corrected chi connectivity index (χ3v) is 3.04. The number of rotatable bonds is 3. The van der Waals surface area contributed by atoms with Gasteiger partial charge in [0.25, 0.3) is 0 Å². The van der Waals surface area contributed by atoms with E-state index in [1.807, 2.05) is 24.3 Å². The maximum Gasteiger partial charge on any atom is 0.324 e. The first-order valence-corrected chi connectivity index (χ1v) is 5.63. The summed E-state index contributed by atoms with van der Waals surface area (Å²) in [7, 11) is 1.39. The molecule has 0 aliphatic carbocycles. The minimum absolute atomic E-state index is 0.0962. The van der Waals surface area contributed by atoms with E-state index in [0.29, 0.717) is 13.0 Å². The van der Waals surface area contributed by atoms with Crippen molar-refractivity contribution in [1.29, 1.82) is 0 Å². The van der Waals surface area contributed by atoms with Crippen LogP contribution in [0.2, 0.25) is 0 Å². The van der Waals surface area contributed by atoms with Crippen molar-refractivity contribution in [3.63, 3.8) is 0 Å². The molecule has 2 atom stereocenters. The SMILES string of the molecule is COC(=O)C1CC(c2ccccc2CN)NN1. The number of esters is 1. The van der Waals surface area contributed by atoms with Gasteiger partial charge in [-0.2, -0.15) is 0 Å². The van der Waals surface area contributed by atoms with E-state index >= 15 is 0 Å². The van der Waals surface area contributed by atoms with Crippen molar-refractivity contribution in [1.82, 2.24) is 10.9 Å². The normalized spacial score (nSPS) is 23.6. The molecule has 1 heterocycles. The van der Waals surface area contributed by atoms with E-state index in [9.17, 15) is 4.79 Å². The molecular weight excluding hydrogens is 218 g/mol. The van der Waals surface area contributed by atoms with Crippen molar-refractivity contribution >= 4 is 5.97 Å². The molecule has 0 spiro atoms. The molecule has 1 aromatic rings. The fourth-order valence-electron chi connectivity index (χ4n) is 2.12. The van der Waals surface area contributed by atoms with Gasteiger partial charge < -0.3 is 10.5 Å². The van der Waals surface area contributed by atoms with E-state index in [0.717, 1.165) is 11.1 Å². The van der Waals surface area contributed by atoms with E-state index in [1.165, 1.54) is 7.11 Å². The van der Waals surface area contributed by atoms with Gasteiger partial charge >= 0.3 is 5.97 Å². The highest BCUT2D eigenvalue weighted by molar-refractivity contribution is 5.76. The Balaban J connectivity index is 2.12. The van der Waals surface area contributed by atoms with Crippen molar-refractivity contribution in [3.05, 3.63) is 35.4 Å². The van der Waals surface area contributed by atoms with Crippen LogP contribution in [0.25, 0.3) is 0 Å². The van der Waals surface area contributed by atoms with Crippen LogP contribution in [0.5, 0.6) is 0 Å². The third-order valence-electron chi connectivity index (χ3n) is 3.04. The van der Waals surface area contributed by atoms with Gasteiger partial charge in [-0.3, -0.25) is 4.79 Å². The van der Waals surface area contributed by atoms with Crippen molar-refractivity contribution < 1.29 is 9.53 Å². The van der Waals surface area contributed by atoms with Crippen molar-refractivity contribution in [3.8, 4) is 0 Å². The molecule has 1 fully saturated rings. The fourth-order valence-corrected chi connectivity index (χ4v) is 2.12. The first-order valence-electron chi connectivity index (χ1n) is 5.63. The molecule has 5 nitrogen and oxygen atoms in total. The summed E-state index contributed by atoms with van der Waals surface area (Å²) in [4.78, 5) is 11.4. The van der Waals surface area contributed by atoms with Gasteiger partial charge in [0.1, 0.15) is 6.04 Å². The zero-order chi connectivity index (χ0) is 12.3. The Kier molecular flexibility index (Phi) is 3.73. The number of nitrogens with two attached hydrogens (primary N) is 1. The summed E-state index contributed by atoms with van der Waals surface area (Å²) in [6.45, 7) is 0.497. The molecule has 4 N–H and O–H groups in total. The lowest BCUT2D eigenvalue weighted by molar-refractivity contribution is -0.142. The minimum Gasteiger partial charge on any atom is -0.468 e. The predicted molar refractivity (Wildman–Crippen MR) is 63.8 cm³/mol. The van der Waals surface area contributed by atoms with Crippen LogP contribution >= 0.6 is 0 Å². The average Bonchev–Trinajstić information content (AvgIpc) is 2.87. The number of carbonyl (C=O) groups excluding carboxylic acids is 1. The maximum absolute atomic E-state index is 11.4. The summed E-state index contributed by atoms with van der Waals surface area (Å²) in [6, 6.07) is 7.77. The molecule has 0 bridgehead atoms. The minimum atomic E-state index is -0.296. The quantitative estimate of drug-likeness (QED) is 0.654. The second-order valence-electron chi connectivity index (χ2n) is 4.06. The summed E-state index contributed by atoms with van der Waals surface area (Å²) in [6.07, 6.45) is 0.670. The van der Waals surface area contributed by atoms with Crippen molar-refractivity contribution in [2.45, 2.75) is 25.0 Å². The molecule has 0 aromatic heterocycles. The van der Waals surface area contributed by atoms with Crippen LogP contribution in [-0.4, -0.2) is 19.1 Å². The fraction of sp³-hybridized carbons (Fsp3) is 0.417. The van der Waals surface area contributed by atoms with E-state index < -0.39 is 0 Å². The number of hydrazine groups is 1. The van der Waals surface area contributed by atoms with Gasteiger partial charge in [0.2, 0.25) is 0 Å². The van der Waals surface area contributed by atoms with E-state index in [2.05, 4.69) is 10.9 Å². The number of nitrogens with one attached hydrogen (secondary N) is 2. The molecule has 92 valence electrons. The van der Waals surface area contributed by atoms with E-state index in [-0.39, 0.29) is 18.1 Å². The number of ether oxygens (including phenoxy) is 1. The van der Waals surface area contributed by atoms with Crippen LogP contribution in [0.3, 0.4) is 0 Å². The van der Waals surface area contributed by atoms with Gasteiger partial charge in [-0.05, 0) is 17.5 Å². The number of carbonyl (C=O) groups is 1. The van der Waals surface area contributed by atoms with Crippen LogP contribution in [0.1, 0.15) is 23.6 Å². The Bertz CT molecular complexity index is 408. The number of hydrogen-bond donors (Lipinski definition) is 3. The van der Waals surface area contributed by atoms with Crippen LogP contribution in [0.4, 0.5) is 0 Å². The molecular formula is C12H17N3O2. The second-order valence-corrected chi connectivity index (χ2v) is 4.06. The summed E-state index contributed by atoms with van der Waals surface area (Å²) in [5.41, 5.74) is 14.0. The standard InChI is InChI=1S/C12H17N3O2/c1-17-12(16)11-6-10(14-15-11)9-5-3-2-4-8(9)7-13/h2-5,10-11,14-15H,6-7,13H2,1H3. The van der Waals surface area contributed by atoms with Gasteiger partial charge in [-0.1, -0.05) is 24.3 Å². The summed E-state index contributed by atoms with van der Waals surface area (Å²) >= 11 is 0. The Labute approximate surface area is 100 Å². The van der Waals surface area contributed by atoms with Crippen LogP contribution in [0.15, 0.2) is 24.3 Å². The summed E-state index contributed by atoms with van der Waals surface area (Å²) in [5.74, 6) is -0.245. The molecule has 1 aliphatic heterocycles. The monoisotopic (exact) mass is 235 g/mol. The molecule has 1 aliphatic rings. The topological polar surface area (TPSA) is 76.4 Å². The van der Waals surface area contributed by atoms with Gasteiger partial charge in [0, 0.05) is 12.6 Å². The lowest BCUT2D eigenvalue weighted by atomic mass is 9.97. The zero-order valence-corrected chi connectivity index (χ0v) is 9.77. The number of benzene rings is 1. The predicted octanol–water partition coefficient (Wildman–Crippen LogP) is 0.226. The third kappa shape index (κ3) is 2.46. The van der Waals surface area contributed by atoms with Crippen molar-refractivity contribution in [2.75, 3.05) is 7.11 Å². The summed E-state index contributed by atoms with van der Waals surface area (Å²) < 4.78 is 4.71. The Morgan fingerprint density at radius 3 is 2.94 bits per heavy atom. The van der Waals surface area contributed by atoms with Crippen molar-refractivity contribution in [2.24, 2.45) is 5.73 Å². The highest BCUT2D eigenvalue weighted by Crippen LogP contribution is 2.25. The van der Waals surface area contributed by atoms with Crippen LogP contribution < -0.4 is 16.6 Å². The number of methoxy groups -OCH3 is 1. The Morgan fingerprint density at radius 1 is 1.47 bits per heavy atom. The first kappa shape index (κ1) is 12.0. The average molecular weight is 235 g/mol.